The Morgan fingerprint density at radius 1 is 1.42 bits per heavy atom. The van der Waals surface area contributed by atoms with Crippen molar-refractivity contribution in [1.29, 1.82) is 0 Å². The van der Waals surface area contributed by atoms with E-state index >= 15 is 0 Å². The minimum atomic E-state index is -2.67. The van der Waals surface area contributed by atoms with E-state index < -0.39 is 24.8 Å². The molecule has 0 aromatic heterocycles. The van der Waals surface area contributed by atoms with Crippen molar-refractivity contribution in [2.45, 2.75) is 26.7 Å². The van der Waals surface area contributed by atoms with Gasteiger partial charge in [0.2, 0.25) is 11.8 Å². The lowest BCUT2D eigenvalue weighted by Gasteiger charge is -2.25. The van der Waals surface area contributed by atoms with Crippen LogP contribution in [0.5, 0.6) is 0 Å². The summed E-state index contributed by atoms with van der Waals surface area (Å²) in [7, 11) is 0. The lowest BCUT2D eigenvalue weighted by Crippen LogP contribution is -2.41. The number of aryl methyl sites for hydroxylation is 1. The summed E-state index contributed by atoms with van der Waals surface area (Å²) < 4.78 is 25.2. The number of amides is 2. The van der Waals surface area contributed by atoms with Crippen LogP contribution in [0.3, 0.4) is 0 Å². The molecule has 1 aromatic rings. The van der Waals surface area contributed by atoms with Gasteiger partial charge < -0.3 is 14.9 Å². The van der Waals surface area contributed by atoms with Crippen molar-refractivity contribution in [2.75, 3.05) is 31.1 Å². The first kappa shape index (κ1) is 18.3. The summed E-state index contributed by atoms with van der Waals surface area (Å²) in [6.45, 7) is 2.74. The summed E-state index contributed by atoms with van der Waals surface area (Å²) in [5.41, 5.74) is 2.74. The first-order valence-electron chi connectivity index (χ1n) is 7.89. The predicted molar refractivity (Wildman–Crippen MR) is 86.0 cm³/mol. The van der Waals surface area contributed by atoms with Crippen LogP contribution in [-0.2, 0) is 9.59 Å². The lowest BCUT2D eigenvalue weighted by molar-refractivity contribution is -0.138. The zero-order valence-electron chi connectivity index (χ0n) is 13.8. The van der Waals surface area contributed by atoms with Gasteiger partial charge in [-0.2, -0.15) is 0 Å². The average Bonchev–Trinajstić information content (AvgIpc) is 2.90. The molecule has 0 bridgehead atoms. The number of carbonyl (C=O) groups excluding carboxylic acids is 2. The molecule has 132 valence electrons. The van der Waals surface area contributed by atoms with Gasteiger partial charge in [-0.3, -0.25) is 9.59 Å². The second-order valence-corrected chi connectivity index (χ2v) is 6.02. The van der Waals surface area contributed by atoms with Crippen LogP contribution in [0.4, 0.5) is 14.5 Å². The number of benzene rings is 1. The number of carbonyl (C=O) groups is 2. The molecule has 1 aliphatic heterocycles. The first-order chi connectivity index (χ1) is 11.3. The van der Waals surface area contributed by atoms with E-state index in [-0.39, 0.29) is 32.0 Å². The Hall–Kier alpha value is -2.02. The van der Waals surface area contributed by atoms with Crippen molar-refractivity contribution in [3.05, 3.63) is 29.3 Å². The number of anilines is 1. The van der Waals surface area contributed by atoms with Crippen molar-refractivity contribution in [1.82, 2.24) is 4.90 Å². The van der Waals surface area contributed by atoms with Crippen LogP contribution < -0.4 is 4.90 Å². The predicted octanol–water partition coefficient (Wildman–Crippen LogP) is 1.74. The van der Waals surface area contributed by atoms with Crippen LogP contribution >= 0.6 is 0 Å². The Kier molecular flexibility index (Phi) is 5.88. The van der Waals surface area contributed by atoms with E-state index in [1.807, 2.05) is 32.0 Å². The van der Waals surface area contributed by atoms with Crippen molar-refractivity contribution in [3.8, 4) is 0 Å². The fourth-order valence-corrected chi connectivity index (χ4v) is 2.97. The number of halogens is 2. The van der Waals surface area contributed by atoms with E-state index in [1.54, 1.807) is 4.90 Å². The molecule has 1 N–H and O–H groups in total. The molecule has 1 fully saturated rings. The fourth-order valence-electron chi connectivity index (χ4n) is 2.97. The van der Waals surface area contributed by atoms with Gasteiger partial charge in [-0.1, -0.05) is 12.1 Å². The highest BCUT2D eigenvalue weighted by Gasteiger charge is 2.38. The smallest absolute Gasteiger partial charge is 0.255 e. The molecule has 0 unspecified atom stereocenters. The highest BCUT2D eigenvalue weighted by Crippen LogP contribution is 2.30. The van der Waals surface area contributed by atoms with E-state index in [4.69, 9.17) is 5.11 Å². The van der Waals surface area contributed by atoms with Gasteiger partial charge in [-0.25, -0.2) is 8.78 Å². The SMILES string of the molecule is Cc1cccc(N2C[C@H](C(=O)N(CCO)CC(F)F)CC2=O)c1C. The third-order valence-electron chi connectivity index (χ3n) is 4.38. The Bertz CT molecular complexity index is 622. The summed E-state index contributed by atoms with van der Waals surface area (Å²) in [6, 6.07) is 5.60. The largest absolute Gasteiger partial charge is 0.395 e. The molecule has 7 heteroatoms. The maximum atomic E-state index is 12.6. The number of rotatable bonds is 6. The van der Waals surface area contributed by atoms with Gasteiger partial charge in [0.25, 0.3) is 6.43 Å². The van der Waals surface area contributed by atoms with Crippen LogP contribution in [0.1, 0.15) is 17.5 Å². The summed E-state index contributed by atoms with van der Waals surface area (Å²) in [5.74, 6) is -1.36. The Morgan fingerprint density at radius 3 is 2.75 bits per heavy atom. The molecule has 2 rings (SSSR count). The highest BCUT2D eigenvalue weighted by atomic mass is 19.3. The molecule has 0 spiro atoms. The summed E-state index contributed by atoms with van der Waals surface area (Å²) >= 11 is 0. The quantitative estimate of drug-likeness (QED) is 0.858. The lowest BCUT2D eigenvalue weighted by atomic mass is 10.1. The molecule has 0 radical (unpaired) electrons. The maximum Gasteiger partial charge on any atom is 0.255 e. The van der Waals surface area contributed by atoms with Crippen molar-refractivity contribution < 1.29 is 23.5 Å². The third kappa shape index (κ3) is 3.90. The Balaban J connectivity index is 2.16. The van der Waals surface area contributed by atoms with E-state index in [9.17, 15) is 18.4 Å². The van der Waals surface area contributed by atoms with Crippen LogP contribution in [0.25, 0.3) is 0 Å². The topological polar surface area (TPSA) is 60.9 Å². The van der Waals surface area contributed by atoms with Gasteiger partial charge in [0.05, 0.1) is 19.1 Å². The van der Waals surface area contributed by atoms with Gasteiger partial charge in [0, 0.05) is 25.2 Å². The summed E-state index contributed by atoms with van der Waals surface area (Å²) in [5, 5.41) is 8.97. The second-order valence-electron chi connectivity index (χ2n) is 6.02. The fraction of sp³-hybridized carbons (Fsp3) is 0.529. The highest BCUT2D eigenvalue weighted by molar-refractivity contribution is 6.00. The van der Waals surface area contributed by atoms with Gasteiger partial charge in [-0.05, 0) is 31.0 Å². The number of aliphatic hydroxyl groups is 1. The molecule has 1 heterocycles. The molecular formula is C17H22F2N2O3. The Morgan fingerprint density at radius 2 is 2.12 bits per heavy atom. The maximum absolute atomic E-state index is 12.6. The molecular weight excluding hydrogens is 318 g/mol. The Labute approximate surface area is 139 Å². The summed E-state index contributed by atoms with van der Waals surface area (Å²) in [6.07, 6.45) is -2.68. The van der Waals surface area contributed by atoms with E-state index in [0.717, 1.165) is 21.7 Å². The molecule has 1 aromatic carbocycles. The molecule has 24 heavy (non-hydrogen) atoms. The zero-order chi connectivity index (χ0) is 17.9. The van der Waals surface area contributed by atoms with E-state index in [2.05, 4.69) is 0 Å². The molecule has 1 aliphatic rings. The van der Waals surface area contributed by atoms with Crippen molar-refractivity contribution in [3.63, 3.8) is 0 Å². The van der Waals surface area contributed by atoms with Crippen LogP contribution in [0.2, 0.25) is 0 Å². The molecule has 1 atom stereocenters. The average molecular weight is 340 g/mol. The monoisotopic (exact) mass is 340 g/mol. The number of nitrogens with zero attached hydrogens (tertiary/aromatic N) is 2. The van der Waals surface area contributed by atoms with Gasteiger partial charge >= 0.3 is 0 Å². The first-order valence-corrected chi connectivity index (χ1v) is 7.89. The third-order valence-corrected chi connectivity index (χ3v) is 4.38. The molecule has 5 nitrogen and oxygen atoms in total. The van der Waals surface area contributed by atoms with Gasteiger partial charge in [0.1, 0.15) is 0 Å². The minimum Gasteiger partial charge on any atom is -0.395 e. The standard InChI is InChI=1S/C17H22F2N2O3/c1-11-4-3-5-14(12(11)2)21-9-13(8-16(21)23)17(24)20(6-7-22)10-15(18)19/h3-5,13,15,22H,6-10H2,1-2H3/t13-/m1/s1. The second kappa shape index (κ2) is 7.70. The van der Waals surface area contributed by atoms with Crippen LogP contribution in [-0.4, -0.2) is 54.5 Å². The van der Waals surface area contributed by atoms with Crippen molar-refractivity contribution >= 4 is 17.5 Å². The van der Waals surface area contributed by atoms with Crippen LogP contribution in [0.15, 0.2) is 18.2 Å². The zero-order valence-corrected chi connectivity index (χ0v) is 13.8. The number of aliphatic hydroxyl groups excluding tert-OH is 1. The van der Waals surface area contributed by atoms with Crippen molar-refractivity contribution in [2.24, 2.45) is 5.92 Å². The number of hydrogen-bond donors (Lipinski definition) is 1. The number of hydrogen-bond acceptors (Lipinski definition) is 3. The molecule has 0 saturated carbocycles. The summed E-state index contributed by atoms with van der Waals surface area (Å²) in [4.78, 5) is 27.2. The van der Waals surface area contributed by atoms with Crippen LogP contribution in [0, 0.1) is 19.8 Å². The molecule has 0 aliphatic carbocycles. The molecule has 2 amide bonds. The van der Waals surface area contributed by atoms with E-state index in [0.29, 0.717) is 0 Å². The minimum absolute atomic E-state index is 0.00260. The van der Waals surface area contributed by atoms with Gasteiger partial charge in [0.15, 0.2) is 0 Å². The van der Waals surface area contributed by atoms with Gasteiger partial charge in [-0.15, -0.1) is 0 Å². The van der Waals surface area contributed by atoms with E-state index in [1.165, 1.54) is 0 Å². The number of alkyl halides is 2. The normalized spacial score (nSPS) is 17.7. The molecule has 1 saturated heterocycles.